The van der Waals surface area contributed by atoms with Gasteiger partial charge in [-0.1, -0.05) is 68.3 Å². The normalized spacial score (nSPS) is 16.0. The van der Waals surface area contributed by atoms with Crippen molar-refractivity contribution in [3.63, 3.8) is 0 Å². The van der Waals surface area contributed by atoms with Gasteiger partial charge in [0.05, 0.1) is 0 Å². The SMILES string of the molecule is CC(CCNC(=O)C(CC1CC1)NC(=O)OCC1c2ccccc2-c2ccccc21)CCC(=O)O. The molecule has 0 radical (unpaired) electrons. The minimum absolute atomic E-state index is 0.0313. The van der Waals surface area contributed by atoms with Gasteiger partial charge in [-0.25, -0.2) is 4.79 Å². The average molecular weight is 479 g/mol. The number of amides is 2. The van der Waals surface area contributed by atoms with Gasteiger partial charge in [0, 0.05) is 18.9 Å². The van der Waals surface area contributed by atoms with Crippen LogP contribution in [0.15, 0.2) is 48.5 Å². The van der Waals surface area contributed by atoms with E-state index in [0.717, 1.165) is 24.0 Å². The topological polar surface area (TPSA) is 105 Å². The standard InChI is InChI=1S/C28H34N2O5/c1-18(10-13-26(31)32)14-15-29-27(33)25(16-19-11-12-19)30-28(34)35-17-24-22-8-4-2-6-20(22)21-7-3-5-9-23(21)24/h2-9,18-19,24-25H,10-17H2,1H3,(H,29,33)(H,30,34)(H,31,32). The zero-order valence-corrected chi connectivity index (χ0v) is 20.2. The van der Waals surface area contributed by atoms with Crippen LogP contribution in [0.5, 0.6) is 0 Å². The summed E-state index contributed by atoms with van der Waals surface area (Å²) in [6.45, 7) is 2.64. The average Bonchev–Trinajstić information content (AvgIpc) is 3.61. The zero-order valence-electron chi connectivity index (χ0n) is 20.2. The molecule has 7 nitrogen and oxygen atoms in total. The number of ether oxygens (including phenoxy) is 1. The summed E-state index contributed by atoms with van der Waals surface area (Å²) in [5.41, 5.74) is 4.62. The van der Waals surface area contributed by atoms with E-state index in [1.165, 1.54) is 11.1 Å². The fraction of sp³-hybridized carbons (Fsp3) is 0.464. The lowest BCUT2D eigenvalue weighted by Crippen LogP contribution is -2.47. The molecule has 0 bridgehead atoms. The minimum Gasteiger partial charge on any atom is -0.481 e. The van der Waals surface area contributed by atoms with Crippen molar-refractivity contribution in [1.82, 2.24) is 10.6 Å². The molecule has 2 amide bonds. The summed E-state index contributed by atoms with van der Waals surface area (Å²) >= 11 is 0. The highest BCUT2D eigenvalue weighted by Gasteiger charge is 2.32. The first-order chi connectivity index (χ1) is 16.9. The number of carbonyl (C=O) groups is 3. The highest BCUT2D eigenvalue weighted by Crippen LogP contribution is 2.44. The van der Waals surface area contributed by atoms with Gasteiger partial charge in [-0.15, -0.1) is 0 Å². The highest BCUT2D eigenvalue weighted by atomic mass is 16.5. The van der Waals surface area contributed by atoms with Crippen LogP contribution in [0.3, 0.4) is 0 Å². The van der Waals surface area contributed by atoms with E-state index in [-0.39, 0.29) is 30.8 Å². The molecule has 2 aromatic rings. The Kier molecular flexibility index (Phi) is 8.06. The lowest BCUT2D eigenvalue weighted by Gasteiger charge is -2.20. The van der Waals surface area contributed by atoms with Gasteiger partial charge in [0.1, 0.15) is 12.6 Å². The van der Waals surface area contributed by atoms with E-state index in [1.807, 2.05) is 31.2 Å². The van der Waals surface area contributed by atoms with Crippen molar-refractivity contribution < 1.29 is 24.2 Å². The van der Waals surface area contributed by atoms with Crippen LogP contribution in [0.4, 0.5) is 4.79 Å². The maximum Gasteiger partial charge on any atom is 0.407 e. The van der Waals surface area contributed by atoms with Crippen molar-refractivity contribution in [2.24, 2.45) is 11.8 Å². The van der Waals surface area contributed by atoms with Crippen molar-refractivity contribution >= 4 is 18.0 Å². The quantitative estimate of drug-likeness (QED) is 0.410. The number of carboxylic acids is 1. The Hall–Kier alpha value is -3.35. The monoisotopic (exact) mass is 478 g/mol. The van der Waals surface area contributed by atoms with Crippen LogP contribution in [-0.4, -0.2) is 42.3 Å². The summed E-state index contributed by atoms with van der Waals surface area (Å²) in [5.74, 6) is -0.401. The zero-order chi connectivity index (χ0) is 24.8. The van der Waals surface area contributed by atoms with Crippen LogP contribution in [0.2, 0.25) is 0 Å². The molecule has 1 saturated carbocycles. The molecule has 3 N–H and O–H groups in total. The molecular weight excluding hydrogens is 444 g/mol. The van der Waals surface area contributed by atoms with Crippen molar-refractivity contribution in [2.45, 2.75) is 57.4 Å². The fourth-order valence-corrected chi connectivity index (χ4v) is 4.78. The smallest absolute Gasteiger partial charge is 0.407 e. The highest BCUT2D eigenvalue weighted by molar-refractivity contribution is 5.85. The number of carboxylic acid groups (broad SMARTS) is 1. The van der Waals surface area contributed by atoms with E-state index >= 15 is 0 Å². The maximum absolute atomic E-state index is 12.8. The van der Waals surface area contributed by atoms with Crippen molar-refractivity contribution in [2.75, 3.05) is 13.2 Å². The van der Waals surface area contributed by atoms with Crippen molar-refractivity contribution in [3.8, 4) is 11.1 Å². The third kappa shape index (κ3) is 6.62. The molecule has 1 fully saturated rings. The van der Waals surface area contributed by atoms with Crippen LogP contribution < -0.4 is 10.6 Å². The maximum atomic E-state index is 12.8. The molecule has 0 heterocycles. The molecule has 7 heteroatoms. The summed E-state index contributed by atoms with van der Waals surface area (Å²) in [6, 6.07) is 15.7. The van der Waals surface area contributed by atoms with Gasteiger partial charge in [-0.3, -0.25) is 9.59 Å². The number of hydrogen-bond donors (Lipinski definition) is 3. The third-order valence-corrected chi connectivity index (χ3v) is 7.01. The number of nitrogens with one attached hydrogen (secondary N) is 2. The van der Waals surface area contributed by atoms with E-state index in [9.17, 15) is 14.4 Å². The van der Waals surface area contributed by atoms with Gasteiger partial charge in [-0.2, -0.15) is 0 Å². The summed E-state index contributed by atoms with van der Waals surface area (Å²) in [4.78, 5) is 36.2. The molecular formula is C28H34N2O5. The lowest BCUT2D eigenvalue weighted by atomic mass is 9.98. The third-order valence-electron chi connectivity index (χ3n) is 7.01. The Morgan fingerprint density at radius 3 is 2.23 bits per heavy atom. The van der Waals surface area contributed by atoms with Crippen LogP contribution >= 0.6 is 0 Å². The second kappa shape index (κ2) is 11.4. The van der Waals surface area contributed by atoms with Gasteiger partial charge < -0.3 is 20.5 Å². The molecule has 0 aliphatic heterocycles. The number of rotatable bonds is 12. The molecule has 0 saturated heterocycles. The molecule has 2 atom stereocenters. The summed E-state index contributed by atoms with van der Waals surface area (Å²) in [7, 11) is 0. The van der Waals surface area contributed by atoms with Gasteiger partial charge in [0.2, 0.25) is 5.91 Å². The Bertz CT molecular complexity index is 1020. The minimum atomic E-state index is -0.808. The molecule has 0 spiro atoms. The Morgan fingerprint density at radius 1 is 1.00 bits per heavy atom. The molecule has 4 rings (SSSR count). The number of fused-ring (bicyclic) bond motifs is 3. The molecule has 0 aromatic heterocycles. The van der Waals surface area contributed by atoms with Gasteiger partial charge in [0.15, 0.2) is 0 Å². The molecule has 2 unspecified atom stereocenters. The number of alkyl carbamates (subject to hydrolysis) is 1. The molecule has 2 aliphatic carbocycles. The Labute approximate surface area is 206 Å². The molecule has 186 valence electrons. The van der Waals surface area contributed by atoms with Crippen LogP contribution in [0.25, 0.3) is 11.1 Å². The van der Waals surface area contributed by atoms with E-state index in [0.29, 0.717) is 31.7 Å². The predicted molar refractivity (Wildman–Crippen MR) is 133 cm³/mol. The van der Waals surface area contributed by atoms with Crippen LogP contribution in [0, 0.1) is 11.8 Å². The van der Waals surface area contributed by atoms with Gasteiger partial charge >= 0.3 is 12.1 Å². The fourth-order valence-electron chi connectivity index (χ4n) is 4.78. The number of aliphatic carboxylic acids is 1. The second-order valence-corrected chi connectivity index (χ2v) is 9.82. The number of carbonyl (C=O) groups excluding carboxylic acids is 2. The van der Waals surface area contributed by atoms with E-state index in [4.69, 9.17) is 9.84 Å². The molecule has 2 aliphatic rings. The van der Waals surface area contributed by atoms with E-state index in [1.54, 1.807) is 0 Å². The lowest BCUT2D eigenvalue weighted by molar-refractivity contribution is -0.137. The largest absolute Gasteiger partial charge is 0.481 e. The van der Waals surface area contributed by atoms with E-state index in [2.05, 4.69) is 34.9 Å². The summed E-state index contributed by atoms with van der Waals surface area (Å²) < 4.78 is 5.63. The first kappa shape index (κ1) is 24.8. The first-order valence-electron chi connectivity index (χ1n) is 12.5. The predicted octanol–water partition coefficient (Wildman–Crippen LogP) is 4.70. The van der Waals surface area contributed by atoms with Gasteiger partial charge in [-0.05, 0) is 53.4 Å². The number of benzene rings is 2. The van der Waals surface area contributed by atoms with Crippen LogP contribution in [-0.2, 0) is 14.3 Å². The first-order valence-corrected chi connectivity index (χ1v) is 12.5. The second-order valence-electron chi connectivity index (χ2n) is 9.82. The van der Waals surface area contributed by atoms with Crippen molar-refractivity contribution in [3.05, 3.63) is 59.7 Å². The van der Waals surface area contributed by atoms with Crippen molar-refractivity contribution in [1.29, 1.82) is 0 Å². The van der Waals surface area contributed by atoms with Crippen LogP contribution in [0.1, 0.15) is 62.5 Å². The summed E-state index contributed by atoms with van der Waals surface area (Å²) in [5, 5.41) is 14.5. The van der Waals surface area contributed by atoms with E-state index < -0.39 is 18.1 Å². The summed E-state index contributed by atoms with van der Waals surface area (Å²) in [6.07, 6.45) is 3.56. The Morgan fingerprint density at radius 2 is 1.63 bits per heavy atom. The molecule has 35 heavy (non-hydrogen) atoms. The van der Waals surface area contributed by atoms with Gasteiger partial charge in [0.25, 0.3) is 0 Å². The Balaban J connectivity index is 1.30. The number of hydrogen-bond acceptors (Lipinski definition) is 4. The molecule has 2 aromatic carbocycles.